The Kier molecular flexibility index (Phi) is 3.27. The maximum atomic E-state index is 14.4. The number of fused-ring (bicyclic) bond motifs is 1. The molecule has 0 atom stereocenters. The van der Waals surface area contributed by atoms with Crippen molar-refractivity contribution in [2.24, 2.45) is 0 Å². The van der Waals surface area contributed by atoms with Crippen LogP contribution >= 0.6 is 0 Å². The van der Waals surface area contributed by atoms with Gasteiger partial charge < -0.3 is 10.2 Å². The Labute approximate surface area is 121 Å². The highest BCUT2D eigenvalue weighted by Crippen LogP contribution is 2.30. The largest absolute Gasteiger partial charge is 0.331 e. The monoisotopic (exact) mass is 292 g/mol. The fourth-order valence-corrected chi connectivity index (χ4v) is 2.79. The zero-order valence-electron chi connectivity index (χ0n) is 11.6. The number of nitrogens with zero attached hydrogens (tertiary/aromatic N) is 2. The molecule has 1 aromatic rings. The Morgan fingerprint density at radius 2 is 2.10 bits per heavy atom. The molecule has 2 N–H and O–H groups in total. The van der Waals surface area contributed by atoms with Crippen LogP contribution in [-0.4, -0.2) is 45.7 Å². The predicted molar refractivity (Wildman–Crippen MR) is 74.5 cm³/mol. The molecular formula is C14H17FN4O2. The lowest BCUT2D eigenvalue weighted by Gasteiger charge is -2.42. The summed E-state index contributed by atoms with van der Waals surface area (Å²) >= 11 is 0. The molecule has 0 aromatic carbocycles. The fraction of sp³-hybridized carbons (Fsp3) is 0.500. The first kappa shape index (κ1) is 13.8. The molecule has 2 heterocycles. The number of aromatic amines is 1. The standard InChI is InChI=1S/C14H17FN4O2/c1-2-11(20)19-7-14(15,8-19)13(21)16-12-9-5-3-4-6-10(9)17-18-12/h2H,1,3-8H2,(H2,16,17,18,21). The first-order chi connectivity index (χ1) is 10.0. The van der Waals surface area contributed by atoms with Crippen LogP contribution in [-0.2, 0) is 22.4 Å². The van der Waals surface area contributed by atoms with Gasteiger partial charge in [0, 0.05) is 11.3 Å². The van der Waals surface area contributed by atoms with Crippen molar-refractivity contribution >= 4 is 17.6 Å². The number of likely N-dealkylation sites (tertiary alicyclic amines) is 1. The van der Waals surface area contributed by atoms with Gasteiger partial charge in [-0.2, -0.15) is 5.10 Å². The van der Waals surface area contributed by atoms with Crippen LogP contribution in [0.2, 0.25) is 0 Å². The summed E-state index contributed by atoms with van der Waals surface area (Å²) in [5, 5.41) is 9.50. The molecular weight excluding hydrogens is 275 g/mol. The second-order valence-corrected chi connectivity index (χ2v) is 5.55. The van der Waals surface area contributed by atoms with Crippen LogP contribution < -0.4 is 5.32 Å². The minimum atomic E-state index is -2.04. The van der Waals surface area contributed by atoms with Crippen LogP contribution in [0.25, 0.3) is 0 Å². The minimum Gasteiger partial charge on any atom is -0.331 e. The Balaban J connectivity index is 1.66. The summed E-state index contributed by atoms with van der Waals surface area (Å²) in [6.45, 7) is 2.86. The average Bonchev–Trinajstić information content (AvgIpc) is 2.86. The third-order valence-corrected chi connectivity index (χ3v) is 4.06. The zero-order chi connectivity index (χ0) is 15.0. The molecule has 1 aliphatic carbocycles. The number of anilines is 1. The van der Waals surface area contributed by atoms with Crippen LogP contribution in [0.4, 0.5) is 10.2 Å². The molecule has 21 heavy (non-hydrogen) atoms. The third kappa shape index (κ3) is 2.32. The second-order valence-electron chi connectivity index (χ2n) is 5.55. The Hall–Kier alpha value is -2.18. The molecule has 0 radical (unpaired) electrons. The summed E-state index contributed by atoms with van der Waals surface area (Å²) in [6, 6.07) is 0. The number of amides is 2. The van der Waals surface area contributed by atoms with Gasteiger partial charge in [-0.1, -0.05) is 6.58 Å². The lowest BCUT2D eigenvalue weighted by molar-refractivity contribution is -0.150. The Morgan fingerprint density at radius 1 is 1.38 bits per heavy atom. The summed E-state index contributed by atoms with van der Waals surface area (Å²) in [5.74, 6) is -0.691. The number of alkyl halides is 1. The third-order valence-electron chi connectivity index (χ3n) is 4.06. The molecule has 112 valence electrons. The minimum absolute atomic E-state index is 0.240. The lowest BCUT2D eigenvalue weighted by Crippen LogP contribution is -2.66. The summed E-state index contributed by atoms with van der Waals surface area (Å²) in [4.78, 5) is 24.6. The van der Waals surface area contributed by atoms with Crippen molar-refractivity contribution in [1.82, 2.24) is 15.1 Å². The van der Waals surface area contributed by atoms with E-state index in [1.54, 1.807) is 0 Å². The van der Waals surface area contributed by atoms with Gasteiger partial charge in [0.2, 0.25) is 11.6 Å². The molecule has 3 rings (SSSR count). The van der Waals surface area contributed by atoms with Crippen LogP contribution in [0.3, 0.4) is 0 Å². The van der Waals surface area contributed by atoms with Gasteiger partial charge >= 0.3 is 0 Å². The Morgan fingerprint density at radius 3 is 2.81 bits per heavy atom. The first-order valence-electron chi connectivity index (χ1n) is 7.01. The van der Waals surface area contributed by atoms with Gasteiger partial charge in [-0.05, 0) is 31.8 Å². The van der Waals surface area contributed by atoms with Gasteiger partial charge in [0.05, 0.1) is 13.1 Å². The lowest BCUT2D eigenvalue weighted by atomic mass is 9.94. The number of H-pyrrole nitrogens is 1. The quantitative estimate of drug-likeness (QED) is 0.815. The number of aryl methyl sites for hydroxylation is 1. The van der Waals surface area contributed by atoms with Gasteiger partial charge in [-0.3, -0.25) is 14.7 Å². The number of rotatable bonds is 3. The van der Waals surface area contributed by atoms with E-state index in [4.69, 9.17) is 0 Å². The topological polar surface area (TPSA) is 78.1 Å². The van der Waals surface area contributed by atoms with E-state index >= 15 is 0 Å². The second kappa shape index (κ2) is 4.98. The van der Waals surface area contributed by atoms with Crippen LogP contribution in [0.15, 0.2) is 12.7 Å². The van der Waals surface area contributed by atoms with Crippen LogP contribution in [0, 0.1) is 0 Å². The van der Waals surface area contributed by atoms with Crippen molar-refractivity contribution in [3.63, 3.8) is 0 Å². The molecule has 6 nitrogen and oxygen atoms in total. The van der Waals surface area contributed by atoms with Crippen molar-refractivity contribution in [2.45, 2.75) is 31.4 Å². The molecule has 2 aliphatic rings. The molecule has 1 aliphatic heterocycles. The smallest absolute Gasteiger partial charge is 0.267 e. The maximum absolute atomic E-state index is 14.4. The van der Waals surface area contributed by atoms with Gasteiger partial charge in [-0.15, -0.1) is 0 Å². The van der Waals surface area contributed by atoms with Gasteiger partial charge in [0.1, 0.15) is 0 Å². The van der Waals surface area contributed by atoms with Crippen LogP contribution in [0.5, 0.6) is 0 Å². The molecule has 1 aromatic heterocycles. The molecule has 0 bridgehead atoms. The number of carbonyl (C=O) groups excluding carboxylic acids is 2. The van der Waals surface area contributed by atoms with Gasteiger partial charge in [-0.25, -0.2) is 4.39 Å². The first-order valence-corrected chi connectivity index (χ1v) is 7.01. The van der Waals surface area contributed by atoms with E-state index < -0.39 is 11.6 Å². The van der Waals surface area contributed by atoms with E-state index in [1.807, 2.05) is 0 Å². The van der Waals surface area contributed by atoms with Crippen molar-refractivity contribution in [3.8, 4) is 0 Å². The number of hydrogen-bond acceptors (Lipinski definition) is 3. The maximum Gasteiger partial charge on any atom is 0.267 e. The number of nitrogens with one attached hydrogen (secondary N) is 2. The van der Waals surface area contributed by atoms with Gasteiger partial charge in [0.15, 0.2) is 5.82 Å². The molecule has 1 saturated heterocycles. The Bertz CT molecular complexity index is 604. The van der Waals surface area contributed by atoms with Crippen molar-refractivity contribution < 1.29 is 14.0 Å². The van der Waals surface area contributed by atoms with Crippen molar-refractivity contribution in [2.75, 3.05) is 18.4 Å². The molecule has 0 unspecified atom stereocenters. The number of carbonyl (C=O) groups is 2. The molecule has 0 spiro atoms. The van der Waals surface area contributed by atoms with Gasteiger partial charge in [0.25, 0.3) is 5.91 Å². The predicted octanol–water partition coefficient (Wildman–Crippen LogP) is 0.963. The summed E-state index contributed by atoms with van der Waals surface area (Å²) in [7, 11) is 0. The van der Waals surface area contributed by atoms with E-state index in [2.05, 4.69) is 22.1 Å². The summed E-state index contributed by atoms with van der Waals surface area (Å²) in [6.07, 6.45) is 4.98. The SMILES string of the molecule is C=CC(=O)N1CC(F)(C(=O)Nc2n[nH]c3c2CCCC3)C1. The van der Waals surface area contributed by atoms with Crippen LogP contribution in [0.1, 0.15) is 24.1 Å². The van der Waals surface area contributed by atoms with Crippen molar-refractivity contribution in [1.29, 1.82) is 0 Å². The summed E-state index contributed by atoms with van der Waals surface area (Å²) < 4.78 is 14.4. The highest BCUT2D eigenvalue weighted by atomic mass is 19.1. The normalized spacial score (nSPS) is 19.4. The van der Waals surface area contributed by atoms with Crippen molar-refractivity contribution in [3.05, 3.63) is 23.9 Å². The van der Waals surface area contributed by atoms with E-state index in [0.29, 0.717) is 5.82 Å². The van der Waals surface area contributed by atoms with E-state index in [9.17, 15) is 14.0 Å². The number of aromatic nitrogens is 2. The van der Waals surface area contributed by atoms with E-state index in [0.717, 1.165) is 43.0 Å². The van der Waals surface area contributed by atoms with E-state index in [-0.39, 0.29) is 19.0 Å². The highest BCUT2D eigenvalue weighted by molar-refractivity contribution is 6.00. The highest BCUT2D eigenvalue weighted by Gasteiger charge is 2.51. The molecule has 0 saturated carbocycles. The zero-order valence-corrected chi connectivity index (χ0v) is 11.6. The molecule has 7 heteroatoms. The van der Waals surface area contributed by atoms with E-state index in [1.165, 1.54) is 4.90 Å². The fourth-order valence-electron chi connectivity index (χ4n) is 2.79. The molecule has 1 fully saturated rings. The number of halogens is 1. The average molecular weight is 292 g/mol. The summed E-state index contributed by atoms with van der Waals surface area (Å²) in [5.41, 5.74) is -0.0582. The molecule has 2 amide bonds. The number of hydrogen-bond donors (Lipinski definition) is 2.